The van der Waals surface area contributed by atoms with Crippen LogP contribution in [0.4, 0.5) is 39.5 Å². The van der Waals surface area contributed by atoms with E-state index in [1.165, 1.54) is 0 Å². The Morgan fingerprint density at radius 2 is 1.35 bits per heavy atom. The summed E-state index contributed by atoms with van der Waals surface area (Å²) in [7, 11) is 0. The molecule has 0 saturated heterocycles. The molecule has 0 amide bonds. The third kappa shape index (κ3) is 8.67. The van der Waals surface area contributed by atoms with Crippen LogP contribution in [0.3, 0.4) is 0 Å². The largest absolute Gasteiger partial charge is 0.484 e. The lowest BCUT2D eigenvalue weighted by atomic mass is 10.2. The second-order valence-electron chi connectivity index (χ2n) is 4.41. The van der Waals surface area contributed by atoms with Gasteiger partial charge in [-0.05, 0) is 18.1 Å². The molecule has 0 unspecified atom stereocenters. The molecule has 0 bridgehead atoms. The van der Waals surface area contributed by atoms with E-state index >= 15 is 0 Å². The Morgan fingerprint density at radius 1 is 0.846 bits per heavy atom. The maximum Gasteiger partial charge on any atom is 0.422 e. The van der Waals surface area contributed by atoms with Gasteiger partial charge in [0.15, 0.2) is 19.8 Å². The van der Waals surface area contributed by atoms with Crippen LogP contribution in [0.2, 0.25) is 0 Å². The molecule has 1 rings (SSSR count). The summed E-state index contributed by atoms with van der Waals surface area (Å²) in [4.78, 5) is 11.8. The van der Waals surface area contributed by atoms with E-state index in [9.17, 15) is 44.3 Å². The lowest BCUT2D eigenvalue weighted by molar-refractivity contribution is -0.161. The number of halogens is 9. The molecule has 0 atom stereocenters. The van der Waals surface area contributed by atoms with Gasteiger partial charge in [-0.3, -0.25) is 0 Å². The van der Waals surface area contributed by atoms with Gasteiger partial charge >= 0.3 is 24.5 Å². The van der Waals surface area contributed by atoms with Crippen molar-refractivity contribution >= 4 is 5.97 Å². The highest BCUT2D eigenvalue weighted by Crippen LogP contribution is 2.29. The Balaban J connectivity index is 3.47. The highest BCUT2D eigenvalue weighted by atomic mass is 19.4. The van der Waals surface area contributed by atoms with Gasteiger partial charge in [-0.25, -0.2) is 4.79 Å². The standard InChI is InChI=1S/C13H9F9O4/c14-11(15,16)4-24-7-1-2-9(25-5-12(17,18)19)8(3-7)10(23)26-6-13(20,21)22/h1-3H,4-6H2/i1D,2D,3D. The SMILES string of the molecule is [2H]c1c([2H])c(OCC(F)(F)F)c(C(=O)OCC(F)(F)F)c([2H])c1OCC(F)(F)F. The molecule has 1 aromatic rings. The van der Waals surface area contributed by atoms with Gasteiger partial charge in [0, 0.05) is 0 Å². The summed E-state index contributed by atoms with van der Waals surface area (Å²) in [5, 5.41) is 0. The van der Waals surface area contributed by atoms with E-state index in [2.05, 4.69) is 14.2 Å². The molecule has 0 spiro atoms. The van der Waals surface area contributed by atoms with Gasteiger partial charge in [0.2, 0.25) is 0 Å². The molecule has 26 heavy (non-hydrogen) atoms. The first kappa shape index (κ1) is 17.1. The first-order valence-corrected chi connectivity index (χ1v) is 6.19. The van der Waals surface area contributed by atoms with Gasteiger partial charge in [0.25, 0.3) is 0 Å². The highest BCUT2D eigenvalue weighted by molar-refractivity contribution is 5.93. The van der Waals surface area contributed by atoms with Crippen LogP contribution in [0.15, 0.2) is 18.1 Å². The van der Waals surface area contributed by atoms with Gasteiger partial charge in [0.05, 0.1) is 4.11 Å². The lowest BCUT2D eigenvalue weighted by Crippen LogP contribution is -2.23. The number of esters is 1. The van der Waals surface area contributed by atoms with Crippen molar-refractivity contribution in [1.29, 1.82) is 0 Å². The van der Waals surface area contributed by atoms with Crippen LogP contribution in [-0.2, 0) is 4.74 Å². The number of benzene rings is 1. The third-order valence-corrected chi connectivity index (χ3v) is 2.09. The van der Waals surface area contributed by atoms with Crippen molar-refractivity contribution in [2.75, 3.05) is 19.8 Å². The van der Waals surface area contributed by atoms with Crippen molar-refractivity contribution in [2.45, 2.75) is 18.5 Å². The van der Waals surface area contributed by atoms with Crippen LogP contribution in [0.5, 0.6) is 11.5 Å². The Morgan fingerprint density at radius 3 is 1.85 bits per heavy atom. The quantitative estimate of drug-likeness (QED) is 0.525. The van der Waals surface area contributed by atoms with E-state index in [0.29, 0.717) is 0 Å². The number of ether oxygens (including phenoxy) is 3. The molecule has 0 saturated carbocycles. The fourth-order valence-corrected chi connectivity index (χ4v) is 1.23. The molecule has 0 fully saturated rings. The zero-order valence-corrected chi connectivity index (χ0v) is 12.2. The average Bonchev–Trinajstić information content (AvgIpc) is 2.52. The Labute approximate surface area is 143 Å². The summed E-state index contributed by atoms with van der Waals surface area (Å²) in [6, 6.07) is -4.30. The molecule has 0 N–H and O–H groups in total. The predicted molar refractivity (Wildman–Crippen MR) is 65.9 cm³/mol. The number of hydrogen-bond acceptors (Lipinski definition) is 4. The second kappa shape index (κ2) is 7.91. The van der Waals surface area contributed by atoms with E-state index in [1.54, 1.807) is 0 Å². The molecule has 0 aliphatic heterocycles. The first-order valence-electron chi connectivity index (χ1n) is 7.69. The van der Waals surface area contributed by atoms with Crippen LogP contribution in [0.25, 0.3) is 0 Å². The van der Waals surface area contributed by atoms with Crippen LogP contribution in [-0.4, -0.2) is 44.3 Å². The summed E-state index contributed by atoms with van der Waals surface area (Å²) in [6.07, 6.45) is -15.2. The normalized spacial score (nSPS) is 14.3. The molecular formula is C13H9F9O4. The minimum absolute atomic E-state index is 1.36. The molecule has 0 radical (unpaired) electrons. The molecule has 0 aliphatic rings. The predicted octanol–water partition coefficient (Wildman–Crippen LogP) is 4.29. The van der Waals surface area contributed by atoms with E-state index in [1.807, 2.05) is 0 Å². The first-order chi connectivity index (χ1) is 12.9. The Hall–Kier alpha value is -2.34. The average molecular weight is 403 g/mol. The van der Waals surface area contributed by atoms with Crippen molar-refractivity contribution < 1.29 is 62.6 Å². The van der Waals surface area contributed by atoms with Gasteiger partial charge in [0.1, 0.15) is 17.1 Å². The number of carbonyl (C=O) groups is 1. The minimum Gasteiger partial charge on any atom is -0.484 e. The van der Waals surface area contributed by atoms with Gasteiger partial charge in [-0.15, -0.1) is 0 Å². The fraction of sp³-hybridized carbons (Fsp3) is 0.462. The zero-order chi connectivity index (χ0) is 22.8. The smallest absolute Gasteiger partial charge is 0.422 e. The monoisotopic (exact) mass is 403 g/mol. The summed E-state index contributed by atoms with van der Waals surface area (Å²) < 4.78 is 145. The molecule has 148 valence electrons. The number of alkyl halides is 9. The summed E-state index contributed by atoms with van der Waals surface area (Å²) in [5.74, 6) is -4.97. The van der Waals surface area contributed by atoms with Crippen LogP contribution >= 0.6 is 0 Å². The van der Waals surface area contributed by atoms with Crippen molar-refractivity contribution in [1.82, 2.24) is 0 Å². The highest BCUT2D eigenvalue weighted by Gasteiger charge is 2.33. The van der Waals surface area contributed by atoms with Crippen LogP contribution in [0, 0.1) is 0 Å². The van der Waals surface area contributed by atoms with Gasteiger partial charge in [-0.1, -0.05) is 0 Å². The molecule has 0 aliphatic carbocycles. The summed E-state index contributed by atoms with van der Waals surface area (Å²) in [5.41, 5.74) is -1.53. The maximum atomic E-state index is 12.3. The Kier molecular flexibility index (Phi) is 5.20. The molecule has 1 aromatic carbocycles. The van der Waals surface area contributed by atoms with Crippen LogP contribution in [0.1, 0.15) is 14.5 Å². The van der Waals surface area contributed by atoms with E-state index in [4.69, 9.17) is 4.11 Å². The molecule has 0 heterocycles. The number of rotatable bonds is 6. The van der Waals surface area contributed by atoms with Gasteiger partial charge in [-0.2, -0.15) is 39.5 Å². The van der Waals surface area contributed by atoms with Gasteiger partial charge < -0.3 is 14.2 Å². The molecule has 4 nitrogen and oxygen atoms in total. The summed E-state index contributed by atoms with van der Waals surface area (Å²) >= 11 is 0. The minimum atomic E-state index is -5.08. The number of hydrogen-bond donors (Lipinski definition) is 0. The van der Waals surface area contributed by atoms with Crippen molar-refractivity contribution in [2.24, 2.45) is 0 Å². The lowest BCUT2D eigenvalue weighted by Gasteiger charge is -2.15. The van der Waals surface area contributed by atoms with Crippen molar-refractivity contribution in [3.05, 3.63) is 23.7 Å². The third-order valence-electron chi connectivity index (χ3n) is 2.09. The Bertz CT molecular complexity index is 760. The second-order valence-corrected chi connectivity index (χ2v) is 4.41. The van der Waals surface area contributed by atoms with E-state index in [0.717, 1.165) is 0 Å². The summed E-state index contributed by atoms with van der Waals surface area (Å²) in [6.45, 7) is -6.55. The van der Waals surface area contributed by atoms with E-state index < -0.39 is 79.5 Å². The van der Waals surface area contributed by atoms with Crippen LogP contribution < -0.4 is 9.47 Å². The molecular weight excluding hydrogens is 391 g/mol. The maximum absolute atomic E-state index is 12.3. The molecule has 0 aromatic heterocycles. The number of carbonyl (C=O) groups excluding carboxylic acids is 1. The van der Waals surface area contributed by atoms with Crippen molar-refractivity contribution in [3.63, 3.8) is 0 Å². The zero-order valence-electron chi connectivity index (χ0n) is 15.2. The van der Waals surface area contributed by atoms with E-state index in [-0.39, 0.29) is 0 Å². The molecule has 13 heteroatoms. The topological polar surface area (TPSA) is 44.8 Å². The fourth-order valence-electron chi connectivity index (χ4n) is 1.23. The van der Waals surface area contributed by atoms with Crippen molar-refractivity contribution in [3.8, 4) is 11.5 Å².